The van der Waals surface area contributed by atoms with Gasteiger partial charge in [0.1, 0.15) is 5.75 Å². The summed E-state index contributed by atoms with van der Waals surface area (Å²) in [6.45, 7) is 2.44. The van der Waals surface area contributed by atoms with Gasteiger partial charge in [-0.3, -0.25) is 14.9 Å². The normalized spacial score (nSPS) is 10.6. The molecular formula is C16H14BrN3O4. The van der Waals surface area contributed by atoms with Gasteiger partial charge in [0.15, 0.2) is 0 Å². The predicted octanol–water partition coefficient (Wildman–Crippen LogP) is 3.52. The van der Waals surface area contributed by atoms with E-state index in [0.717, 1.165) is 0 Å². The molecule has 0 fully saturated rings. The smallest absolute Gasteiger partial charge is 0.271 e. The van der Waals surface area contributed by atoms with Gasteiger partial charge in [0.2, 0.25) is 0 Å². The Morgan fingerprint density at radius 1 is 1.33 bits per heavy atom. The number of hydrogen-bond acceptors (Lipinski definition) is 5. The first kappa shape index (κ1) is 17.6. The first-order valence-corrected chi connectivity index (χ1v) is 7.80. The Labute approximate surface area is 146 Å². The highest BCUT2D eigenvalue weighted by Gasteiger charge is 2.08. The number of nitro benzene ring substituents is 1. The molecule has 0 atom stereocenters. The zero-order chi connectivity index (χ0) is 17.5. The van der Waals surface area contributed by atoms with E-state index in [1.165, 1.54) is 24.4 Å². The van der Waals surface area contributed by atoms with Crippen molar-refractivity contribution < 1.29 is 14.5 Å². The van der Waals surface area contributed by atoms with Crippen molar-refractivity contribution in [1.29, 1.82) is 0 Å². The molecule has 0 radical (unpaired) electrons. The summed E-state index contributed by atoms with van der Waals surface area (Å²) >= 11 is 3.23. The fourth-order valence-electron chi connectivity index (χ4n) is 1.83. The number of non-ortho nitro benzene ring substituents is 1. The average Bonchev–Trinajstić information content (AvgIpc) is 2.57. The summed E-state index contributed by atoms with van der Waals surface area (Å²) in [5.74, 6) is 0.319. The molecule has 0 aromatic heterocycles. The maximum absolute atomic E-state index is 12.0. The number of nitrogens with one attached hydrogen (secondary N) is 1. The second-order valence-corrected chi connectivity index (χ2v) is 5.47. The van der Waals surface area contributed by atoms with Crippen LogP contribution in [0.4, 0.5) is 5.69 Å². The Morgan fingerprint density at radius 2 is 2.04 bits per heavy atom. The summed E-state index contributed by atoms with van der Waals surface area (Å²) in [7, 11) is 0. The maximum atomic E-state index is 12.0. The SMILES string of the molecule is CCOc1ccc(C(=O)N/N=C/c2ccc([N+](=O)[O-])cc2Br)cc1. The van der Waals surface area contributed by atoms with Crippen molar-refractivity contribution in [2.45, 2.75) is 6.92 Å². The Morgan fingerprint density at radius 3 is 2.62 bits per heavy atom. The molecule has 0 aliphatic carbocycles. The fraction of sp³-hybridized carbons (Fsp3) is 0.125. The maximum Gasteiger partial charge on any atom is 0.271 e. The summed E-state index contributed by atoms with van der Waals surface area (Å²) < 4.78 is 5.81. The Balaban J connectivity index is 2.00. The van der Waals surface area contributed by atoms with Crippen LogP contribution in [0.3, 0.4) is 0 Å². The Bertz CT molecular complexity index is 775. The van der Waals surface area contributed by atoms with Gasteiger partial charge in [0, 0.05) is 27.7 Å². The molecule has 7 nitrogen and oxygen atoms in total. The van der Waals surface area contributed by atoms with Gasteiger partial charge in [-0.05, 0) is 53.2 Å². The number of carbonyl (C=O) groups excluding carboxylic acids is 1. The van der Waals surface area contributed by atoms with Crippen LogP contribution in [-0.2, 0) is 0 Å². The first-order valence-electron chi connectivity index (χ1n) is 7.01. The van der Waals surface area contributed by atoms with Crippen molar-refractivity contribution in [3.63, 3.8) is 0 Å². The molecule has 24 heavy (non-hydrogen) atoms. The highest BCUT2D eigenvalue weighted by Crippen LogP contribution is 2.21. The fourth-order valence-corrected chi connectivity index (χ4v) is 2.30. The van der Waals surface area contributed by atoms with Gasteiger partial charge in [0.05, 0.1) is 17.7 Å². The van der Waals surface area contributed by atoms with Crippen molar-refractivity contribution >= 4 is 33.7 Å². The number of carbonyl (C=O) groups is 1. The van der Waals surface area contributed by atoms with Gasteiger partial charge >= 0.3 is 0 Å². The third-order valence-corrected chi connectivity index (χ3v) is 3.68. The molecule has 8 heteroatoms. The lowest BCUT2D eigenvalue weighted by Crippen LogP contribution is -2.17. The number of hydrogen-bond donors (Lipinski definition) is 1. The number of nitrogens with zero attached hydrogens (tertiary/aromatic N) is 2. The molecule has 0 saturated carbocycles. The van der Waals surface area contributed by atoms with Crippen LogP contribution in [0.5, 0.6) is 5.75 Å². The lowest BCUT2D eigenvalue weighted by atomic mass is 10.2. The molecule has 1 N–H and O–H groups in total. The van der Waals surface area contributed by atoms with Crippen LogP contribution in [-0.4, -0.2) is 23.7 Å². The Hall–Kier alpha value is -2.74. The summed E-state index contributed by atoms with van der Waals surface area (Å²) in [6, 6.07) is 10.9. The number of nitro groups is 1. The lowest BCUT2D eigenvalue weighted by Gasteiger charge is -2.04. The standard InChI is InChI=1S/C16H14BrN3O4/c1-2-24-14-7-4-11(5-8-14)16(21)19-18-10-12-3-6-13(20(22)23)9-15(12)17/h3-10H,2H2,1H3,(H,19,21)/b18-10+. The van der Waals surface area contributed by atoms with Crippen LogP contribution < -0.4 is 10.2 Å². The number of rotatable bonds is 6. The predicted molar refractivity (Wildman–Crippen MR) is 93.5 cm³/mol. The molecule has 2 aromatic carbocycles. The second-order valence-electron chi connectivity index (χ2n) is 4.62. The number of amides is 1. The minimum absolute atomic E-state index is 0.0301. The average molecular weight is 392 g/mol. The van der Waals surface area contributed by atoms with E-state index >= 15 is 0 Å². The zero-order valence-electron chi connectivity index (χ0n) is 12.7. The monoisotopic (exact) mass is 391 g/mol. The van der Waals surface area contributed by atoms with E-state index in [1.807, 2.05) is 6.92 Å². The van der Waals surface area contributed by atoms with Gasteiger partial charge in [0.25, 0.3) is 11.6 Å². The summed E-state index contributed by atoms with van der Waals surface area (Å²) in [4.78, 5) is 22.2. The van der Waals surface area contributed by atoms with Gasteiger partial charge in [-0.15, -0.1) is 0 Å². The van der Waals surface area contributed by atoms with Crippen molar-refractivity contribution in [2.75, 3.05) is 6.61 Å². The molecule has 1 amide bonds. The van der Waals surface area contributed by atoms with Crippen LogP contribution in [0.1, 0.15) is 22.8 Å². The van der Waals surface area contributed by atoms with Crippen LogP contribution in [0.25, 0.3) is 0 Å². The largest absolute Gasteiger partial charge is 0.494 e. The van der Waals surface area contributed by atoms with Gasteiger partial charge in [-0.1, -0.05) is 0 Å². The van der Waals surface area contributed by atoms with Gasteiger partial charge < -0.3 is 4.74 Å². The summed E-state index contributed by atoms with van der Waals surface area (Å²) in [6.07, 6.45) is 1.40. The van der Waals surface area contributed by atoms with Gasteiger partial charge in [-0.2, -0.15) is 5.10 Å². The van der Waals surface area contributed by atoms with Crippen molar-refractivity contribution in [3.05, 3.63) is 68.2 Å². The number of benzene rings is 2. The quantitative estimate of drug-likeness (QED) is 0.462. The van der Waals surface area contributed by atoms with Gasteiger partial charge in [-0.25, -0.2) is 5.43 Å². The van der Waals surface area contributed by atoms with Crippen LogP contribution in [0.2, 0.25) is 0 Å². The van der Waals surface area contributed by atoms with E-state index < -0.39 is 4.92 Å². The number of halogens is 1. The molecule has 124 valence electrons. The Kier molecular flexibility index (Phi) is 6.02. The molecule has 0 aliphatic heterocycles. The van der Waals surface area contributed by atoms with E-state index in [-0.39, 0.29) is 11.6 Å². The molecule has 2 aromatic rings. The van der Waals surface area contributed by atoms with Crippen LogP contribution >= 0.6 is 15.9 Å². The minimum Gasteiger partial charge on any atom is -0.494 e. The zero-order valence-corrected chi connectivity index (χ0v) is 14.3. The first-order chi connectivity index (χ1) is 11.5. The second kappa shape index (κ2) is 8.21. The molecule has 0 saturated heterocycles. The minimum atomic E-state index is -0.487. The van der Waals surface area contributed by atoms with Crippen LogP contribution in [0, 0.1) is 10.1 Å². The molecule has 0 spiro atoms. The van der Waals surface area contributed by atoms with E-state index in [1.54, 1.807) is 24.3 Å². The van der Waals surface area contributed by atoms with E-state index in [9.17, 15) is 14.9 Å². The highest BCUT2D eigenvalue weighted by molar-refractivity contribution is 9.10. The lowest BCUT2D eigenvalue weighted by molar-refractivity contribution is -0.384. The molecule has 2 rings (SSSR count). The summed E-state index contributed by atoms with van der Waals surface area (Å²) in [5.41, 5.74) is 3.42. The van der Waals surface area contributed by atoms with E-state index in [2.05, 4.69) is 26.5 Å². The molecule has 0 heterocycles. The molecule has 0 bridgehead atoms. The molecular weight excluding hydrogens is 378 g/mol. The van der Waals surface area contributed by atoms with Crippen LogP contribution in [0.15, 0.2) is 52.0 Å². The highest BCUT2D eigenvalue weighted by atomic mass is 79.9. The number of ether oxygens (including phenoxy) is 1. The van der Waals surface area contributed by atoms with Crippen molar-refractivity contribution in [2.24, 2.45) is 5.10 Å². The number of hydrazone groups is 1. The third-order valence-electron chi connectivity index (χ3n) is 2.99. The van der Waals surface area contributed by atoms with E-state index in [0.29, 0.717) is 28.0 Å². The molecule has 0 unspecified atom stereocenters. The topological polar surface area (TPSA) is 93.8 Å². The summed E-state index contributed by atoms with van der Waals surface area (Å²) in [5, 5.41) is 14.5. The van der Waals surface area contributed by atoms with E-state index in [4.69, 9.17) is 4.74 Å². The third kappa shape index (κ3) is 4.63. The molecule has 0 aliphatic rings. The van der Waals surface area contributed by atoms with Crippen molar-refractivity contribution in [1.82, 2.24) is 5.43 Å². The van der Waals surface area contributed by atoms with Crippen molar-refractivity contribution in [3.8, 4) is 5.75 Å².